The molecule has 1 N–H and O–H groups in total. The van der Waals surface area contributed by atoms with Gasteiger partial charge in [-0.2, -0.15) is 8.42 Å². The first-order valence-corrected chi connectivity index (χ1v) is 13.1. The standard InChI is InChI=1S/C25H29NO7S/c1-25-12-11-18-19(21(25)9-10-24(25)27)8-3-15-13-23(22(32-2)14-20(15)18)33-34(30,31)17-6-4-16(5-7-17)26(28)29/h4-7,13-14,18-19,21,24,27H,3,8-12H2,1-2H3/t18?,19?,21?,24-,25-/m0/s1. The Morgan fingerprint density at radius 1 is 1.09 bits per heavy atom. The number of nitrogens with zero attached hydrogens (tertiary/aromatic N) is 1. The summed E-state index contributed by atoms with van der Waals surface area (Å²) in [5.74, 6) is 1.84. The number of aliphatic hydroxyl groups excluding tert-OH is 1. The molecule has 2 saturated carbocycles. The monoisotopic (exact) mass is 487 g/mol. The summed E-state index contributed by atoms with van der Waals surface area (Å²) in [5.41, 5.74) is 2.05. The molecule has 8 nitrogen and oxygen atoms in total. The van der Waals surface area contributed by atoms with Crippen molar-refractivity contribution in [2.45, 2.75) is 62.4 Å². The lowest BCUT2D eigenvalue weighted by Crippen LogP contribution is -2.43. The molecule has 5 rings (SSSR count). The van der Waals surface area contributed by atoms with Gasteiger partial charge in [-0.15, -0.1) is 0 Å². The maximum absolute atomic E-state index is 12.9. The summed E-state index contributed by atoms with van der Waals surface area (Å²) < 4.78 is 36.7. The Hall–Kier alpha value is -2.65. The van der Waals surface area contributed by atoms with Crippen LogP contribution in [-0.2, 0) is 16.5 Å². The minimum absolute atomic E-state index is 0.00928. The third-order valence-corrected chi connectivity index (χ3v) is 9.74. The molecule has 2 aromatic carbocycles. The van der Waals surface area contributed by atoms with Gasteiger partial charge in [0.2, 0.25) is 0 Å². The minimum atomic E-state index is -4.19. The van der Waals surface area contributed by atoms with Gasteiger partial charge in [0.25, 0.3) is 5.69 Å². The van der Waals surface area contributed by atoms with Crippen LogP contribution in [0.4, 0.5) is 5.69 Å². The molecular formula is C25H29NO7S. The Balaban J connectivity index is 1.44. The first-order valence-electron chi connectivity index (χ1n) is 11.7. The van der Waals surface area contributed by atoms with E-state index in [4.69, 9.17) is 8.92 Å². The predicted octanol–water partition coefficient (Wildman–Crippen LogP) is 4.59. The highest BCUT2D eigenvalue weighted by Crippen LogP contribution is 2.61. The lowest BCUT2D eigenvalue weighted by atomic mass is 9.55. The fourth-order valence-corrected chi connectivity index (χ4v) is 7.61. The molecule has 0 radical (unpaired) electrons. The molecule has 3 aliphatic rings. The molecule has 5 atom stereocenters. The first kappa shape index (κ1) is 23.1. The van der Waals surface area contributed by atoms with Gasteiger partial charge in [0.05, 0.1) is 18.1 Å². The molecule has 0 aromatic heterocycles. The number of nitro benzene ring substituents is 1. The van der Waals surface area contributed by atoms with E-state index < -0.39 is 15.0 Å². The molecule has 2 aromatic rings. The zero-order chi connectivity index (χ0) is 24.3. The Labute approximate surface area is 199 Å². The predicted molar refractivity (Wildman–Crippen MR) is 125 cm³/mol. The van der Waals surface area contributed by atoms with Gasteiger partial charge in [-0.05, 0) is 97.1 Å². The van der Waals surface area contributed by atoms with Crippen molar-refractivity contribution < 1.29 is 27.4 Å². The number of non-ortho nitro benzene ring substituents is 1. The van der Waals surface area contributed by atoms with Gasteiger partial charge in [0, 0.05) is 12.1 Å². The van der Waals surface area contributed by atoms with E-state index in [2.05, 4.69) is 6.92 Å². The van der Waals surface area contributed by atoms with E-state index in [1.807, 2.05) is 6.07 Å². The van der Waals surface area contributed by atoms with Crippen molar-refractivity contribution in [2.75, 3.05) is 7.11 Å². The number of nitro groups is 1. The molecule has 9 heteroatoms. The maximum atomic E-state index is 12.9. The molecule has 2 fully saturated rings. The molecule has 3 unspecified atom stereocenters. The van der Waals surface area contributed by atoms with E-state index in [0.29, 0.717) is 23.5 Å². The van der Waals surface area contributed by atoms with Crippen LogP contribution in [0.3, 0.4) is 0 Å². The Morgan fingerprint density at radius 3 is 2.50 bits per heavy atom. The number of aliphatic hydroxyl groups is 1. The highest BCUT2D eigenvalue weighted by molar-refractivity contribution is 7.87. The van der Waals surface area contributed by atoms with Crippen molar-refractivity contribution in [3.63, 3.8) is 0 Å². The SMILES string of the molecule is COc1cc2c(cc1OS(=O)(=O)c1ccc([N+](=O)[O-])cc1)CCC1C2CC[C@@]2(C)C1CC[C@@H]2O. The van der Waals surface area contributed by atoms with Crippen LogP contribution in [-0.4, -0.2) is 31.7 Å². The number of methoxy groups -OCH3 is 1. The van der Waals surface area contributed by atoms with Crippen molar-refractivity contribution >= 4 is 15.8 Å². The van der Waals surface area contributed by atoms with Crippen LogP contribution in [0.5, 0.6) is 11.5 Å². The van der Waals surface area contributed by atoms with Crippen LogP contribution < -0.4 is 8.92 Å². The second-order valence-electron chi connectivity index (χ2n) is 10.0. The molecular weight excluding hydrogens is 458 g/mol. The summed E-state index contributed by atoms with van der Waals surface area (Å²) in [7, 11) is -2.71. The van der Waals surface area contributed by atoms with Gasteiger partial charge in [-0.25, -0.2) is 0 Å². The minimum Gasteiger partial charge on any atom is -0.493 e. The fraction of sp³-hybridized carbons (Fsp3) is 0.520. The van der Waals surface area contributed by atoms with Gasteiger partial charge in [-0.1, -0.05) is 6.92 Å². The summed E-state index contributed by atoms with van der Waals surface area (Å²) in [5, 5.41) is 21.5. The van der Waals surface area contributed by atoms with E-state index >= 15 is 0 Å². The van der Waals surface area contributed by atoms with Crippen molar-refractivity contribution in [3.05, 3.63) is 57.6 Å². The number of hydrogen-bond acceptors (Lipinski definition) is 7. The summed E-state index contributed by atoms with van der Waals surface area (Å²) in [4.78, 5) is 10.1. The molecule has 0 aliphatic heterocycles. The smallest absolute Gasteiger partial charge is 0.339 e. The third-order valence-electron chi connectivity index (χ3n) is 8.49. The molecule has 0 spiro atoms. The fourth-order valence-electron chi connectivity index (χ4n) is 6.68. The topological polar surface area (TPSA) is 116 Å². The van der Waals surface area contributed by atoms with Gasteiger partial charge in [-0.3, -0.25) is 10.1 Å². The Kier molecular flexibility index (Phi) is 5.60. The summed E-state index contributed by atoms with van der Waals surface area (Å²) in [6.07, 6.45) is 5.49. The second-order valence-corrected chi connectivity index (χ2v) is 11.6. The molecule has 0 saturated heterocycles. The average Bonchev–Trinajstić information content (AvgIpc) is 3.12. The highest BCUT2D eigenvalue weighted by Gasteiger charge is 2.54. The largest absolute Gasteiger partial charge is 0.493 e. The van der Waals surface area contributed by atoms with E-state index in [0.717, 1.165) is 68.4 Å². The number of benzene rings is 2. The molecule has 34 heavy (non-hydrogen) atoms. The molecule has 0 heterocycles. The van der Waals surface area contributed by atoms with Crippen molar-refractivity contribution in [2.24, 2.45) is 17.3 Å². The number of fused-ring (bicyclic) bond motifs is 5. The van der Waals surface area contributed by atoms with Crippen LogP contribution in [0.2, 0.25) is 0 Å². The van der Waals surface area contributed by atoms with Gasteiger partial charge in [0.15, 0.2) is 11.5 Å². The Morgan fingerprint density at radius 2 is 1.82 bits per heavy atom. The van der Waals surface area contributed by atoms with Crippen LogP contribution in [0.15, 0.2) is 41.3 Å². The van der Waals surface area contributed by atoms with E-state index in [1.165, 1.54) is 12.7 Å². The number of rotatable bonds is 5. The summed E-state index contributed by atoms with van der Waals surface area (Å²) in [6.45, 7) is 2.24. The third kappa shape index (κ3) is 3.65. The Bertz CT molecular complexity index is 1230. The zero-order valence-electron chi connectivity index (χ0n) is 19.3. The normalized spacial score (nSPS) is 30.1. The number of hydrogen-bond donors (Lipinski definition) is 1. The zero-order valence-corrected chi connectivity index (χ0v) is 20.1. The van der Waals surface area contributed by atoms with Gasteiger partial charge < -0.3 is 14.0 Å². The van der Waals surface area contributed by atoms with Crippen LogP contribution in [0.25, 0.3) is 0 Å². The lowest BCUT2D eigenvalue weighted by molar-refractivity contribution is -0.384. The van der Waals surface area contributed by atoms with Crippen LogP contribution in [0, 0.1) is 27.4 Å². The molecule has 0 amide bonds. The van der Waals surface area contributed by atoms with Gasteiger partial charge >= 0.3 is 10.1 Å². The number of aryl methyl sites for hydroxylation is 1. The van der Waals surface area contributed by atoms with Crippen molar-refractivity contribution in [3.8, 4) is 11.5 Å². The van der Waals surface area contributed by atoms with E-state index in [9.17, 15) is 23.6 Å². The average molecular weight is 488 g/mol. The van der Waals surface area contributed by atoms with Crippen molar-refractivity contribution in [1.82, 2.24) is 0 Å². The maximum Gasteiger partial charge on any atom is 0.339 e. The summed E-state index contributed by atoms with van der Waals surface area (Å²) >= 11 is 0. The van der Waals surface area contributed by atoms with Crippen LogP contribution >= 0.6 is 0 Å². The van der Waals surface area contributed by atoms with Gasteiger partial charge in [0.1, 0.15) is 4.90 Å². The number of ether oxygens (including phenoxy) is 1. The van der Waals surface area contributed by atoms with Crippen molar-refractivity contribution in [1.29, 1.82) is 0 Å². The van der Waals surface area contributed by atoms with E-state index in [1.54, 1.807) is 6.07 Å². The molecule has 0 bridgehead atoms. The van der Waals surface area contributed by atoms with E-state index in [-0.39, 0.29) is 27.9 Å². The molecule has 182 valence electrons. The molecule has 3 aliphatic carbocycles. The second kappa shape index (κ2) is 8.23. The lowest BCUT2D eigenvalue weighted by Gasteiger charge is -2.50. The quantitative estimate of drug-likeness (QED) is 0.372. The summed E-state index contributed by atoms with van der Waals surface area (Å²) in [6, 6.07) is 8.29. The first-order chi connectivity index (χ1) is 16.1. The van der Waals surface area contributed by atoms with Crippen LogP contribution in [0.1, 0.15) is 56.1 Å². The highest BCUT2D eigenvalue weighted by atomic mass is 32.2.